The average molecular weight is 371 g/mol. The van der Waals surface area contributed by atoms with Gasteiger partial charge in [-0.1, -0.05) is 36.4 Å². The van der Waals surface area contributed by atoms with Gasteiger partial charge < -0.3 is 10.6 Å². The summed E-state index contributed by atoms with van der Waals surface area (Å²) in [5.41, 5.74) is 0.0507. The van der Waals surface area contributed by atoms with Crippen LogP contribution in [-0.4, -0.2) is 6.43 Å². The fraction of sp³-hybridized carbons (Fsp3) is 0.111. The van der Waals surface area contributed by atoms with Gasteiger partial charge in [0.2, 0.25) is 0 Å². The van der Waals surface area contributed by atoms with Crippen LogP contribution in [0.15, 0.2) is 49.2 Å². The quantitative estimate of drug-likeness (QED) is 0.591. The molecule has 2 aromatic carbocycles. The molecule has 7 heteroatoms. The van der Waals surface area contributed by atoms with Crippen LogP contribution in [0.4, 0.5) is 28.9 Å². The predicted molar refractivity (Wildman–Crippen MR) is 94.0 cm³/mol. The van der Waals surface area contributed by atoms with Crippen molar-refractivity contribution in [3.63, 3.8) is 0 Å². The highest BCUT2D eigenvalue weighted by molar-refractivity contribution is 6.32. The third-order valence-corrected chi connectivity index (χ3v) is 3.70. The largest absolute Gasteiger partial charge is 0.353 e. The van der Waals surface area contributed by atoms with Crippen LogP contribution in [0, 0.1) is 18.6 Å². The zero-order valence-corrected chi connectivity index (χ0v) is 14.0. The van der Waals surface area contributed by atoms with Crippen LogP contribution in [-0.2, 0) is 0 Å². The van der Waals surface area contributed by atoms with E-state index < -0.39 is 29.4 Å². The number of benzene rings is 2. The second kappa shape index (κ2) is 7.61. The Hall–Kier alpha value is -2.47. The Morgan fingerprint density at radius 3 is 2.40 bits per heavy atom. The summed E-state index contributed by atoms with van der Waals surface area (Å²) in [4.78, 5) is 0. The summed E-state index contributed by atoms with van der Waals surface area (Å²) in [5.74, 6) is -2.10. The van der Waals surface area contributed by atoms with Crippen LogP contribution in [0.5, 0.6) is 0 Å². The fourth-order valence-corrected chi connectivity index (χ4v) is 2.31. The Morgan fingerprint density at radius 2 is 1.76 bits per heavy atom. The first kappa shape index (κ1) is 18.9. The minimum atomic E-state index is -2.96. The van der Waals surface area contributed by atoms with Crippen LogP contribution in [0.2, 0.25) is 5.02 Å². The Labute approximate surface area is 147 Å². The van der Waals surface area contributed by atoms with Crippen molar-refractivity contribution in [1.82, 2.24) is 0 Å². The average Bonchev–Trinajstić information content (AvgIpc) is 2.55. The van der Waals surface area contributed by atoms with Crippen molar-refractivity contribution in [3.05, 3.63) is 77.0 Å². The van der Waals surface area contributed by atoms with Crippen LogP contribution in [0.25, 0.3) is 5.70 Å². The van der Waals surface area contributed by atoms with Crippen molar-refractivity contribution in [1.29, 1.82) is 0 Å². The van der Waals surface area contributed by atoms with E-state index in [9.17, 15) is 17.6 Å². The first-order valence-corrected chi connectivity index (χ1v) is 7.53. The first-order chi connectivity index (χ1) is 11.7. The minimum Gasteiger partial charge on any atom is -0.353 e. The lowest BCUT2D eigenvalue weighted by atomic mass is 10.1. The van der Waals surface area contributed by atoms with Gasteiger partial charge in [-0.25, -0.2) is 17.6 Å². The molecule has 2 nitrogen and oxygen atoms in total. The van der Waals surface area contributed by atoms with Crippen molar-refractivity contribution < 1.29 is 17.6 Å². The normalized spacial score (nSPS) is 10.7. The van der Waals surface area contributed by atoms with E-state index in [0.717, 1.165) is 17.7 Å². The monoisotopic (exact) mass is 370 g/mol. The molecule has 0 saturated carbocycles. The number of halogens is 5. The molecule has 0 aliphatic rings. The maximum atomic E-state index is 14.5. The molecule has 2 N–H and O–H groups in total. The van der Waals surface area contributed by atoms with Gasteiger partial charge in [0.25, 0.3) is 6.43 Å². The molecular weight excluding hydrogens is 356 g/mol. The van der Waals surface area contributed by atoms with Gasteiger partial charge in [0.05, 0.1) is 11.4 Å². The molecule has 2 aromatic rings. The van der Waals surface area contributed by atoms with Gasteiger partial charge in [-0.15, -0.1) is 0 Å². The number of allylic oxidation sites excluding steroid dienone is 1. The summed E-state index contributed by atoms with van der Waals surface area (Å²) in [5, 5.41) is 5.05. The highest BCUT2D eigenvalue weighted by Gasteiger charge is 2.18. The SMILES string of the molecule is C=C(Nc1ccc(F)c(NC(=C)C(F)F)c1F)c1cc(C)ccc1Cl. The maximum absolute atomic E-state index is 14.5. The van der Waals surface area contributed by atoms with E-state index in [1.54, 1.807) is 18.2 Å². The van der Waals surface area contributed by atoms with Gasteiger partial charge >= 0.3 is 0 Å². The van der Waals surface area contributed by atoms with Gasteiger partial charge in [-0.3, -0.25) is 0 Å². The van der Waals surface area contributed by atoms with Gasteiger partial charge in [0, 0.05) is 16.3 Å². The summed E-state index contributed by atoms with van der Waals surface area (Å²) >= 11 is 6.10. The highest BCUT2D eigenvalue weighted by atomic mass is 35.5. The molecule has 0 aliphatic carbocycles. The molecule has 0 unspecified atom stereocenters. The molecule has 25 heavy (non-hydrogen) atoms. The summed E-state index contributed by atoms with van der Waals surface area (Å²) in [6.07, 6.45) is -2.96. The lowest BCUT2D eigenvalue weighted by molar-refractivity contribution is 0.191. The predicted octanol–water partition coefficient (Wildman–Crippen LogP) is 6.20. The molecule has 2 rings (SSSR count). The maximum Gasteiger partial charge on any atom is 0.277 e. The summed E-state index contributed by atoms with van der Waals surface area (Å²) < 4.78 is 53.3. The summed E-state index contributed by atoms with van der Waals surface area (Å²) in [6, 6.07) is 7.29. The Kier molecular flexibility index (Phi) is 5.74. The van der Waals surface area contributed by atoms with E-state index in [0.29, 0.717) is 10.6 Å². The Balaban J connectivity index is 2.32. The molecule has 0 saturated heterocycles. The molecule has 0 bridgehead atoms. The van der Waals surface area contributed by atoms with E-state index >= 15 is 0 Å². The molecule has 0 atom stereocenters. The molecule has 0 aliphatic heterocycles. The molecule has 0 fully saturated rings. The molecule has 0 aromatic heterocycles. The van der Waals surface area contributed by atoms with Crippen molar-refractivity contribution in [3.8, 4) is 0 Å². The van der Waals surface area contributed by atoms with Crippen LogP contribution >= 0.6 is 11.6 Å². The van der Waals surface area contributed by atoms with Crippen LogP contribution in [0.1, 0.15) is 11.1 Å². The van der Waals surface area contributed by atoms with E-state index in [1.165, 1.54) is 0 Å². The lowest BCUT2D eigenvalue weighted by Gasteiger charge is -2.16. The zero-order valence-electron chi connectivity index (χ0n) is 13.3. The fourth-order valence-electron chi connectivity index (χ4n) is 2.08. The number of alkyl halides is 2. The van der Waals surface area contributed by atoms with E-state index in [1.807, 2.05) is 12.2 Å². The third-order valence-electron chi connectivity index (χ3n) is 3.37. The number of aryl methyl sites for hydroxylation is 1. The second-order valence-corrected chi connectivity index (χ2v) is 5.73. The number of rotatable bonds is 6. The summed E-state index contributed by atoms with van der Waals surface area (Å²) in [6.45, 7) is 8.68. The smallest absolute Gasteiger partial charge is 0.277 e. The van der Waals surface area contributed by atoms with E-state index in [-0.39, 0.29) is 11.4 Å². The number of hydrogen-bond acceptors (Lipinski definition) is 2. The van der Waals surface area contributed by atoms with Gasteiger partial charge in [0.1, 0.15) is 11.5 Å². The third kappa shape index (κ3) is 4.33. The Bertz CT molecular complexity index is 834. The van der Waals surface area contributed by atoms with E-state index in [4.69, 9.17) is 11.6 Å². The lowest BCUT2D eigenvalue weighted by Crippen LogP contribution is -2.11. The number of anilines is 2. The second-order valence-electron chi connectivity index (χ2n) is 5.32. The van der Waals surface area contributed by atoms with Gasteiger partial charge in [-0.2, -0.15) is 0 Å². The molecule has 0 spiro atoms. The Morgan fingerprint density at radius 1 is 1.08 bits per heavy atom. The number of hydrogen-bond donors (Lipinski definition) is 2. The van der Waals surface area contributed by atoms with Crippen LogP contribution in [0.3, 0.4) is 0 Å². The van der Waals surface area contributed by atoms with Crippen LogP contribution < -0.4 is 10.6 Å². The van der Waals surface area contributed by atoms with E-state index in [2.05, 4.69) is 18.5 Å². The van der Waals surface area contributed by atoms with Crippen molar-refractivity contribution >= 4 is 28.7 Å². The summed E-state index contributed by atoms with van der Waals surface area (Å²) in [7, 11) is 0. The van der Waals surface area contributed by atoms with Crippen molar-refractivity contribution in [2.75, 3.05) is 10.6 Å². The molecule has 132 valence electrons. The standard InChI is InChI=1S/C18H15ClF4N2/c1-9-4-5-13(19)12(8-9)10(2)24-15-7-6-14(20)17(16(15)21)25-11(3)18(22)23/h4-8,18,24-25H,2-3H2,1H3. The molecular formula is C18H15ClF4N2. The molecule has 0 radical (unpaired) electrons. The zero-order chi connectivity index (χ0) is 18.7. The molecule has 0 heterocycles. The van der Waals surface area contributed by atoms with Crippen molar-refractivity contribution in [2.24, 2.45) is 0 Å². The topological polar surface area (TPSA) is 24.1 Å². The first-order valence-electron chi connectivity index (χ1n) is 7.15. The van der Waals surface area contributed by atoms with Crippen molar-refractivity contribution in [2.45, 2.75) is 13.3 Å². The van der Waals surface area contributed by atoms with Gasteiger partial charge in [0.15, 0.2) is 5.82 Å². The molecule has 0 amide bonds. The minimum absolute atomic E-state index is 0.145. The number of nitrogens with one attached hydrogen (secondary N) is 2. The highest BCUT2D eigenvalue weighted by Crippen LogP contribution is 2.31. The van der Waals surface area contributed by atoms with Gasteiger partial charge in [-0.05, 0) is 31.2 Å².